The van der Waals surface area contributed by atoms with Crippen molar-refractivity contribution in [1.29, 1.82) is 0 Å². The quantitative estimate of drug-likeness (QED) is 0.774. The number of aromatic nitrogens is 1. The first-order chi connectivity index (χ1) is 8.75. The van der Waals surface area contributed by atoms with E-state index in [4.69, 9.17) is 15.5 Å². The van der Waals surface area contributed by atoms with Crippen LogP contribution in [0.4, 0.5) is 5.69 Å². The molecule has 0 aliphatic rings. The summed E-state index contributed by atoms with van der Waals surface area (Å²) < 4.78 is 7.18. The van der Waals surface area contributed by atoms with Crippen LogP contribution >= 0.6 is 31.9 Å². The molecule has 0 atom stereocenters. The maximum atomic E-state index is 6.21. The van der Waals surface area contributed by atoms with Gasteiger partial charge < -0.3 is 10.5 Å². The topological polar surface area (TPSA) is 48.1 Å². The van der Waals surface area contributed by atoms with E-state index in [-0.39, 0.29) is 5.41 Å². The molecular formula is C14H16Br2N2O. The molecule has 3 nitrogen and oxygen atoms in total. The van der Waals surface area contributed by atoms with Gasteiger partial charge in [0, 0.05) is 21.3 Å². The van der Waals surface area contributed by atoms with Crippen LogP contribution in [0.25, 0.3) is 10.9 Å². The number of hydrogen-bond donors (Lipinski definition) is 1. The third-order valence-corrected chi connectivity index (χ3v) is 4.14. The Hall–Kier alpha value is -0.810. The van der Waals surface area contributed by atoms with Crippen LogP contribution < -0.4 is 10.5 Å². The van der Waals surface area contributed by atoms with E-state index in [0.29, 0.717) is 11.4 Å². The molecule has 102 valence electrons. The Kier molecular flexibility index (Phi) is 3.80. The SMILES string of the molecule is COc1c(Br)cc(Br)c2nc(C(C)(C)C)cc(N)c12. The molecule has 0 spiro atoms. The largest absolute Gasteiger partial charge is 0.495 e. The lowest BCUT2D eigenvalue weighted by Crippen LogP contribution is -2.14. The second-order valence-electron chi connectivity index (χ2n) is 5.44. The minimum atomic E-state index is -0.0535. The fraction of sp³-hybridized carbons (Fsp3) is 0.357. The molecule has 0 radical (unpaired) electrons. The van der Waals surface area contributed by atoms with Crippen LogP contribution in [0, 0.1) is 0 Å². The summed E-state index contributed by atoms with van der Waals surface area (Å²) in [5, 5.41) is 0.830. The van der Waals surface area contributed by atoms with Crippen LogP contribution in [-0.2, 0) is 5.41 Å². The fourth-order valence-electron chi connectivity index (χ4n) is 1.92. The van der Waals surface area contributed by atoms with Gasteiger partial charge in [-0.25, -0.2) is 0 Å². The van der Waals surface area contributed by atoms with E-state index >= 15 is 0 Å². The average molecular weight is 388 g/mol. The molecular weight excluding hydrogens is 372 g/mol. The number of methoxy groups -OCH3 is 1. The van der Waals surface area contributed by atoms with Crippen molar-refractivity contribution in [2.45, 2.75) is 26.2 Å². The van der Waals surface area contributed by atoms with Gasteiger partial charge in [0.25, 0.3) is 0 Å². The molecule has 1 aromatic carbocycles. The fourth-order valence-corrected chi connectivity index (χ4v) is 3.34. The summed E-state index contributed by atoms with van der Waals surface area (Å²) in [5.41, 5.74) is 8.61. The van der Waals surface area contributed by atoms with Crippen LogP contribution in [0.5, 0.6) is 5.75 Å². The van der Waals surface area contributed by atoms with Crippen molar-refractivity contribution < 1.29 is 4.74 Å². The Morgan fingerprint density at radius 1 is 1.16 bits per heavy atom. The normalized spacial score (nSPS) is 11.9. The Morgan fingerprint density at radius 3 is 2.32 bits per heavy atom. The standard InChI is InChI=1S/C14H16Br2N2O/c1-14(2,3)10-6-9(17)11-12(18-10)7(15)5-8(16)13(11)19-4/h5-6H,1-4H3,(H2,17,18). The number of nitrogens with zero attached hydrogens (tertiary/aromatic N) is 1. The molecule has 5 heteroatoms. The molecule has 0 saturated heterocycles. The van der Waals surface area contributed by atoms with Gasteiger partial charge in [-0.15, -0.1) is 0 Å². The Labute approximate surface area is 129 Å². The van der Waals surface area contributed by atoms with Gasteiger partial charge in [0.15, 0.2) is 0 Å². The second kappa shape index (κ2) is 4.94. The summed E-state index contributed by atoms with van der Waals surface area (Å²) in [7, 11) is 1.63. The van der Waals surface area contributed by atoms with E-state index in [1.54, 1.807) is 7.11 Å². The highest BCUT2D eigenvalue weighted by Crippen LogP contribution is 2.41. The zero-order chi connectivity index (χ0) is 14.4. The summed E-state index contributed by atoms with van der Waals surface area (Å²) >= 11 is 7.02. The lowest BCUT2D eigenvalue weighted by Gasteiger charge is -2.20. The molecule has 0 amide bonds. The Balaban J connectivity index is 2.91. The highest BCUT2D eigenvalue weighted by Gasteiger charge is 2.21. The first-order valence-electron chi connectivity index (χ1n) is 5.88. The van der Waals surface area contributed by atoms with Gasteiger partial charge in [0.05, 0.1) is 22.5 Å². The summed E-state index contributed by atoms with van der Waals surface area (Å²) in [6.45, 7) is 6.35. The second-order valence-corrected chi connectivity index (χ2v) is 7.15. The molecule has 19 heavy (non-hydrogen) atoms. The number of nitrogen functional groups attached to an aromatic ring is 1. The molecule has 0 bridgehead atoms. The van der Waals surface area contributed by atoms with Gasteiger partial charge in [0.2, 0.25) is 0 Å². The molecule has 2 N–H and O–H groups in total. The van der Waals surface area contributed by atoms with E-state index < -0.39 is 0 Å². The summed E-state index contributed by atoms with van der Waals surface area (Å²) in [4.78, 5) is 4.73. The highest BCUT2D eigenvalue weighted by molar-refractivity contribution is 9.11. The molecule has 2 aromatic rings. The first-order valence-corrected chi connectivity index (χ1v) is 7.47. The average Bonchev–Trinajstić information content (AvgIpc) is 2.29. The van der Waals surface area contributed by atoms with Gasteiger partial charge in [0.1, 0.15) is 5.75 Å². The molecule has 2 rings (SSSR count). The molecule has 0 aliphatic carbocycles. The van der Waals surface area contributed by atoms with Crippen molar-refractivity contribution in [3.05, 3.63) is 26.8 Å². The predicted octanol–water partition coefficient (Wildman–Crippen LogP) is 4.65. The molecule has 0 fully saturated rings. The van der Waals surface area contributed by atoms with Crippen molar-refractivity contribution in [3.63, 3.8) is 0 Å². The molecule has 0 saturated carbocycles. The molecule has 1 aromatic heterocycles. The number of halogens is 2. The monoisotopic (exact) mass is 386 g/mol. The van der Waals surface area contributed by atoms with Crippen LogP contribution in [0.2, 0.25) is 0 Å². The smallest absolute Gasteiger partial charge is 0.144 e. The van der Waals surface area contributed by atoms with E-state index in [9.17, 15) is 0 Å². The van der Waals surface area contributed by atoms with Gasteiger partial charge in [-0.05, 0) is 44.0 Å². The zero-order valence-corrected chi connectivity index (χ0v) is 14.5. The van der Waals surface area contributed by atoms with Crippen molar-refractivity contribution in [1.82, 2.24) is 4.98 Å². The van der Waals surface area contributed by atoms with Crippen LogP contribution in [0.1, 0.15) is 26.5 Å². The number of benzene rings is 1. The third kappa shape index (κ3) is 2.58. The highest BCUT2D eigenvalue weighted by atomic mass is 79.9. The lowest BCUT2D eigenvalue weighted by molar-refractivity contribution is 0.417. The number of fused-ring (bicyclic) bond motifs is 1. The van der Waals surface area contributed by atoms with Gasteiger partial charge in [-0.1, -0.05) is 20.8 Å². The number of anilines is 1. The molecule has 0 aliphatic heterocycles. The third-order valence-electron chi connectivity index (χ3n) is 2.95. The molecule has 1 heterocycles. The maximum absolute atomic E-state index is 6.21. The van der Waals surface area contributed by atoms with Crippen molar-refractivity contribution in [2.75, 3.05) is 12.8 Å². The minimum Gasteiger partial charge on any atom is -0.495 e. The van der Waals surface area contributed by atoms with Crippen LogP contribution in [-0.4, -0.2) is 12.1 Å². The van der Waals surface area contributed by atoms with Crippen molar-refractivity contribution in [2.24, 2.45) is 0 Å². The van der Waals surface area contributed by atoms with Gasteiger partial charge in [-0.2, -0.15) is 0 Å². The maximum Gasteiger partial charge on any atom is 0.144 e. The predicted molar refractivity (Wildman–Crippen MR) is 86.8 cm³/mol. The van der Waals surface area contributed by atoms with E-state index in [2.05, 4.69) is 52.6 Å². The van der Waals surface area contributed by atoms with Gasteiger partial charge >= 0.3 is 0 Å². The van der Waals surface area contributed by atoms with Gasteiger partial charge in [-0.3, -0.25) is 4.98 Å². The summed E-state index contributed by atoms with van der Waals surface area (Å²) in [5.74, 6) is 0.712. The minimum absolute atomic E-state index is 0.0535. The summed E-state index contributed by atoms with van der Waals surface area (Å²) in [6, 6.07) is 3.85. The van der Waals surface area contributed by atoms with E-state index in [1.807, 2.05) is 12.1 Å². The van der Waals surface area contributed by atoms with Crippen molar-refractivity contribution in [3.8, 4) is 5.75 Å². The zero-order valence-electron chi connectivity index (χ0n) is 11.3. The van der Waals surface area contributed by atoms with Crippen LogP contribution in [0.3, 0.4) is 0 Å². The number of ether oxygens (including phenoxy) is 1. The summed E-state index contributed by atoms with van der Waals surface area (Å²) in [6.07, 6.45) is 0. The number of pyridine rings is 1. The first kappa shape index (κ1) is 14.6. The van der Waals surface area contributed by atoms with E-state index in [0.717, 1.165) is 25.5 Å². The van der Waals surface area contributed by atoms with Crippen LogP contribution in [0.15, 0.2) is 21.1 Å². The number of rotatable bonds is 1. The number of hydrogen-bond acceptors (Lipinski definition) is 3. The van der Waals surface area contributed by atoms with Crippen molar-refractivity contribution >= 4 is 48.5 Å². The lowest BCUT2D eigenvalue weighted by atomic mass is 9.91. The Bertz CT molecular complexity index is 648. The Morgan fingerprint density at radius 2 is 1.79 bits per heavy atom. The molecule has 0 unspecified atom stereocenters. The number of nitrogens with two attached hydrogens (primary N) is 1. The van der Waals surface area contributed by atoms with E-state index in [1.165, 1.54) is 0 Å².